The molecular weight excluding hydrogens is 370 g/mol. The molecule has 0 fully saturated rings. The molecule has 0 unspecified atom stereocenters. The topological polar surface area (TPSA) is 79.0 Å². The maximum atomic E-state index is 13.4. The molecule has 0 spiro atoms. The number of rotatable bonds is 4. The lowest BCUT2D eigenvalue weighted by Crippen LogP contribution is -2.43. The van der Waals surface area contributed by atoms with Crippen LogP contribution in [0.3, 0.4) is 0 Å². The first-order chi connectivity index (χ1) is 13.9. The third kappa shape index (κ3) is 3.09. The maximum Gasteiger partial charge on any atom is 0.412 e. The van der Waals surface area contributed by atoms with Gasteiger partial charge in [-0.05, 0) is 43.1 Å². The van der Waals surface area contributed by atoms with Crippen molar-refractivity contribution in [3.63, 3.8) is 0 Å². The van der Waals surface area contributed by atoms with Crippen molar-refractivity contribution in [3.8, 4) is 5.75 Å². The van der Waals surface area contributed by atoms with Crippen LogP contribution in [0.15, 0.2) is 42.5 Å². The lowest BCUT2D eigenvalue weighted by atomic mass is 9.89. The van der Waals surface area contributed by atoms with Gasteiger partial charge in [-0.2, -0.15) is 0 Å². The molecule has 0 atom stereocenters. The van der Waals surface area contributed by atoms with Gasteiger partial charge >= 0.3 is 6.09 Å². The van der Waals surface area contributed by atoms with Crippen molar-refractivity contribution in [1.29, 1.82) is 0 Å². The van der Waals surface area contributed by atoms with Crippen LogP contribution in [-0.2, 0) is 0 Å². The van der Waals surface area contributed by atoms with Crippen molar-refractivity contribution in [2.24, 2.45) is 0 Å². The second-order valence-electron chi connectivity index (χ2n) is 7.21. The second-order valence-corrected chi connectivity index (χ2v) is 7.21. The number of imide groups is 1. The molecule has 0 saturated heterocycles. The van der Waals surface area contributed by atoms with Gasteiger partial charge < -0.3 is 15.0 Å². The van der Waals surface area contributed by atoms with E-state index in [4.69, 9.17) is 4.74 Å². The van der Waals surface area contributed by atoms with Gasteiger partial charge in [0, 0.05) is 36.5 Å². The smallest absolute Gasteiger partial charge is 0.410 e. The third-order valence-corrected chi connectivity index (χ3v) is 5.09. The van der Waals surface area contributed by atoms with Crippen molar-refractivity contribution >= 4 is 39.5 Å². The van der Waals surface area contributed by atoms with Crippen LogP contribution in [0.4, 0.5) is 4.79 Å². The Balaban J connectivity index is 1.98. The SMILES string of the molecule is CNC(=O)Oc1cccc2c3c4c(cccc4cc12)C(=O)N(CCN(C)C)C3=O. The van der Waals surface area contributed by atoms with E-state index in [2.05, 4.69) is 5.32 Å². The fraction of sp³-hybridized carbons (Fsp3) is 0.227. The zero-order chi connectivity index (χ0) is 20.7. The lowest BCUT2D eigenvalue weighted by Gasteiger charge is -2.29. The molecule has 3 aromatic carbocycles. The summed E-state index contributed by atoms with van der Waals surface area (Å²) in [6, 6.07) is 12.5. The zero-order valence-corrected chi connectivity index (χ0v) is 16.5. The van der Waals surface area contributed by atoms with Gasteiger partial charge in [-0.3, -0.25) is 14.5 Å². The number of ether oxygens (including phenoxy) is 1. The highest BCUT2D eigenvalue weighted by molar-refractivity contribution is 6.30. The number of nitrogens with one attached hydrogen (secondary N) is 1. The number of hydrogen-bond acceptors (Lipinski definition) is 5. The van der Waals surface area contributed by atoms with E-state index in [9.17, 15) is 14.4 Å². The molecule has 1 N–H and O–H groups in total. The molecular formula is C22H21N3O4. The molecule has 3 amide bonds. The van der Waals surface area contributed by atoms with E-state index in [0.29, 0.717) is 46.1 Å². The Bertz CT molecular complexity index is 1170. The summed E-state index contributed by atoms with van der Waals surface area (Å²) in [4.78, 5) is 41.4. The Kier molecular flexibility index (Phi) is 4.68. The normalized spacial score (nSPS) is 13.4. The average Bonchev–Trinajstić information content (AvgIpc) is 2.70. The summed E-state index contributed by atoms with van der Waals surface area (Å²) in [6.07, 6.45) is -0.589. The Morgan fingerprint density at radius 3 is 2.55 bits per heavy atom. The quantitative estimate of drug-likeness (QED) is 0.547. The Labute approximate surface area is 167 Å². The first-order valence-corrected chi connectivity index (χ1v) is 9.31. The van der Waals surface area contributed by atoms with E-state index in [1.165, 1.54) is 11.9 Å². The van der Waals surface area contributed by atoms with Crippen molar-refractivity contribution < 1.29 is 19.1 Å². The van der Waals surface area contributed by atoms with Gasteiger partial charge in [0.2, 0.25) is 0 Å². The molecule has 1 aliphatic rings. The van der Waals surface area contributed by atoms with Crippen LogP contribution in [0.5, 0.6) is 5.75 Å². The summed E-state index contributed by atoms with van der Waals surface area (Å²) in [7, 11) is 5.27. The summed E-state index contributed by atoms with van der Waals surface area (Å²) in [5, 5.41) is 5.13. The predicted octanol–water partition coefficient (Wildman–Crippen LogP) is 2.87. The molecule has 148 valence electrons. The van der Waals surface area contributed by atoms with Crippen LogP contribution in [0.2, 0.25) is 0 Å². The van der Waals surface area contributed by atoms with Crippen molar-refractivity contribution in [2.45, 2.75) is 0 Å². The molecule has 0 aromatic heterocycles. The minimum atomic E-state index is -0.589. The molecule has 0 radical (unpaired) electrons. The highest BCUT2D eigenvalue weighted by Gasteiger charge is 2.34. The van der Waals surface area contributed by atoms with E-state index in [1.54, 1.807) is 24.3 Å². The lowest BCUT2D eigenvalue weighted by molar-refractivity contribution is 0.0602. The predicted molar refractivity (Wildman–Crippen MR) is 110 cm³/mol. The first kappa shape index (κ1) is 18.9. The fourth-order valence-corrected chi connectivity index (χ4v) is 3.69. The molecule has 0 bridgehead atoms. The largest absolute Gasteiger partial charge is 0.412 e. The number of carbonyl (C=O) groups excluding carboxylic acids is 3. The van der Waals surface area contributed by atoms with Crippen molar-refractivity contribution in [2.75, 3.05) is 34.2 Å². The summed E-state index contributed by atoms with van der Waals surface area (Å²) in [6.45, 7) is 0.865. The average molecular weight is 391 g/mol. The number of hydrogen-bond donors (Lipinski definition) is 1. The number of carbonyl (C=O) groups is 3. The number of fused-ring (bicyclic) bond motifs is 2. The van der Waals surface area contributed by atoms with Gasteiger partial charge in [0.05, 0.1) is 5.56 Å². The van der Waals surface area contributed by atoms with E-state index in [0.717, 1.165) is 5.39 Å². The highest BCUT2D eigenvalue weighted by atomic mass is 16.6. The minimum Gasteiger partial charge on any atom is -0.410 e. The minimum absolute atomic E-state index is 0.285. The number of nitrogens with zero attached hydrogens (tertiary/aromatic N) is 2. The molecule has 0 aliphatic carbocycles. The van der Waals surface area contributed by atoms with Crippen molar-refractivity contribution in [1.82, 2.24) is 15.1 Å². The van der Waals surface area contributed by atoms with Gasteiger partial charge in [0.25, 0.3) is 11.8 Å². The molecule has 1 heterocycles. The van der Waals surface area contributed by atoms with Gasteiger partial charge in [-0.25, -0.2) is 4.79 Å². The Hall–Kier alpha value is -3.45. The molecule has 7 nitrogen and oxygen atoms in total. The monoisotopic (exact) mass is 391 g/mol. The van der Waals surface area contributed by atoms with Crippen LogP contribution >= 0.6 is 0 Å². The Morgan fingerprint density at radius 2 is 1.83 bits per heavy atom. The number of amides is 3. The second kappa shape index (κ2) is 7.18. The van der Waals surface area contributed by atoms with Crippen LogP contribution < -0.4 is 10.1 Å². The number of likely N-dealkylation sites (N-methyl/N-ethyl adjacent to an activating group) is 1. The summed E-state index contributed by atoms with van der Waals surface area (Å²) < 4.78 is 5.39. The first-order valence-electron chi connectivity index (χ1n) is 9.31. The van der Waals surface area contributed by atoms with E-state index < -0.39 is 6.09 Å². The fourth-order valence-electron chi connectivity index (χ4n) is 3.69. The van der Waals surface area contributed by atoms with Gasteiger partial charge in [-0.15, -0.1) is 0 Å². The van der Waals surface area contributed by atoms with E-state index in [1.807, 2.05) is 37.2 Å². The summed E-state index contributed by atoms with van der Waals surface area (Å²) in [5.74, 6) is -0.259. The molecule has 3 aromatic rings. The highest BCUT2D eigenvalue weighted by Crippen LogP contribution is 2.38. The van der Waals surface area contributed by atoms with Gasteiger partial charge in [0.15, 0.2) is 0 Å². The van der Waals surface area contributed by atoms with E-state index >= 15 is 0 Å². The van der Waals surface area contributed by atoms with Gasteiger partial charge in [-0.1, -0.05) is 24.3 Å². The molecule has 29 heavy (non-hydrogen) atoms. The maximum absolute atomic E-state index is 13.4. The van der Waals surface area contributed by atoms with Crippen molar-refractivity contribution in [3.05, 3.63) is 53.6 Å². The summed E-state index contributed by atoms with van der Waals surface area (Å²) >= 11 is 0. The van der Waals surface area contributed by atoms with Crippen LogP contribution in [0, 0.1) is 0 Å². The molecule has 7 heteroatoms. The molecule has 0 saturated carbocycles. The van der Waals surface area contributed by atoms with Gasteiger partial charge in [0.1, 0.15) is 5.75 Å². The molecule has 1 aliphatic heterocycles. The Morgan fingerprint density at radius 1 is 1.07 bits per heavy atom. The van der Waals surface area contributed by atoms with Crippen LogP contribution in [0.25, 0.3) is 21.5 Å². The van der Waals surface area contributed by atoms with E-state index in [-0.39, 0.29) is 11.8 Å². The van der Waals surface area contributed by atoms with Crippen LogP contribution in [0.1, 0.15) is 20.7 Å². The third-order valence-electron chi connectivity index (χ3n) is 5.09. The summed E-state index contributed by atoms with van der Waals surface area (Å²) in [5.41, 5.74) is 0.976. The number of benzene rings is 3. The molecule has 4 rings (SSSR count). The van der Waals surface area contributed by atoms with Crippen LogP contribution in [-0.4, -0.2) is 61.9 Å². The standard InChI is InChI=1S/C22H21N3O4/c1-23-22(28)29-17-9-5-7-14-16(17)12-13-6-4-8-15-18(13)19(14)21(27)25(20(15)26)11-10-24(2)3/h4-9,12H,10-11H2,1-3H3,(H,23,28). The zero-order valence-electron chi connectivity index (χ0n) is 16.5.